The number of pyridine rings is 1. The molecule has 0 spiro atoms. The minimum Gasteiger partial charge on any atom is -0.481 e. The van der Waals surface area contributed by atoms with Gasteiger partial charge in [0.15, 0.2) is 10.8 Å². The summed E-state index contributed by atoms with van der Waals surface area (Å²) in [5.74, 6) is -0.822. The molecule has 0 unspecified atom stereocenters. The summed E-state index contributed by atoms with van der Waals surface area (Å²) in [6.45, 7) is 4.70. The first-order chi connectivity index (χ1) is 8.13. The Morgan fingerprint density at radius 3 is 3.00 bits per heavy atom. The van der Waals surface area contributed by atoms with Gasteiger partial charge >= 0.3 is 5.97 Å². The van der Waals surface area contributed by atoms with Crippen molar-refractivity contribution < 1.29 is 9.90 Å². The average Bonchev–Trinajstić information content (AvgIpc) is 2.65. The summed E-state index contributed by atoms with van der Waals surface area (Å²) in [4.78, 5) is 19.3. The molecule has 2 rings (SSSR count). The van der Waals surface area contributed by atoms with Crippen LogP contribution in [0.15, 0.2) is 17.4 Å². The number of aryl methyl sites for hydroxylation is 2. The number of nitrogens with zero attached hydrogens (tertiary/aromatic N) is 3. The van der Waals surface area contributed by atoms with E-state index in [2.05, 4.69) is 9.97 Å². The molecule has 0 bridgehead atoms. The molecule has 0 aliphatic heterocycles. The number of carbonyl (C=O) groups is 1. The first-order valence-electron chi connectivity index (χ1n) is 5.30. The van der Waals surface area contributed by atoms with Crippen LogP contribution in [0.5, 0.6) is 0 Å². The maximum Gasteiger partial charge on any atom is 0.313 e. The standard InChI is InChI=1S/C11H13N3O2S/c1-3-14-10-9(7(2)4-5-12-10)13-11(14)17-6-8(15)16/h4-5H,3,6H2,1-2H3,(H,15,16). The Morgan fingerprint density at radius 1 is 1.59 bits per heavy atom. The lowest BCUT2D eigenvalue weighted by Gasteiger charge is -2.02. The van der Waals surface area contributed by atoms with Crippen LogP contribution in [-0.4, -0.2) is 31.4 Å². The van der Waals surface area contributed by atoms with E-state index in [-0.39, 0.29) is 5.75 Å². The van der Waals surface area contributed by atoms with Crippen molar-refractivity contribution in [1.82, 2.24) is 14.5 Å². The van der Waals surface area contributed by atoms with Crippen molar-refractivity contribution in [2.24, 2.45) is 0 Å². The molecule has 6 heteroatoms. The summed E-state index contributed by atoms with van der Waals surface area (Å²) in [5.41, 5.74) is 2.72. The van der Waals surface area contributed by atoms with E-state index in [1.54, 1.807) is 6.20 Å². The molecule has 90 valence electrons. The van der Waals surface area contributed by atoms with Crippen LogP contribution in [0.2, 0.25) is 0 Å². The molecule has 1 N–H and O–H groups in total. The molecule has 2 aromatic heterocycles. The number of carboxylic acid groups (broad SMARTS) is 1. The van der Waals surface area contributed by atoms with E-state index in [0.717, 1.165) is 23.3 Å². The van der Waals surface area contributed by atoms with Crippen LogP contribution in [-0.2, 0) is 11.3 Å². The number of hydrogen-bond donors (Lipinski definition) is 1. The van der Waals surface area contributed by atoms with Gasteiger partial charge in [0.2, 0.25) is 0 Å². The van der Waals surface area contributed by atoms with Crippen LogP contribution in [0, 0.1) is 6.92 Å². The summed E-state index contributed by atoms with van der Waals surface area (Å²) in [5, 5.41) is 9.41. The highest BCUT2D eigenvalue weighted by atomic mass is 32.2. The molecule has 0 aliphatic carbocycles. The second kappa shape index (κ2) is 4.75. The van der Waals surface area contributed by atoms with Gasteiger partial charge in [-0.3, -0.25) is 4.79 Å². The molecule has 0 fully saturated rings. The fourth-order valence-corrected chi connectivity index (χ4v) is 2.42. The van der Waals surface area contributed by atoms with Gasteiger partial charge in [-0.25, -0.2) is 9.97 Å². The fourth-order valence-electron chi connectivity index (χ4n) is 1.64. The zero-order chi connectivity index (χ0) is 12.4. The van der Waals surface area contributed by atoms with Gasteiger partial charge in [0, 0.05) is 12.7 Å². The molecule has 0 saturated heterocycles. The van der Waals surface area contributed by atoms with Crippen LogP contribution in [0.4, 0.5) is 0 Å². The zero-order valence-corrected chi connectivity index (χ0v) is 10.5. The molecule has 0 atom stereocenters. The van der Waals surface area contributed by atoms with Gasteiger partial charge in [-0.1, -0.05) is 11.8 Å². The lowest BCUT2D eigenvalue weighted by atomic mass is 10.3. The number of rotatable bonds is 4. The third kappa shape index (κ3) is 2.26. The monoisotopic (exact) mass is 251 g/mol. The van der Waals surface area contributed by atoms with Crippen LogP contribution in [0.25, 0.3) is 11.2 Å². The van der Waals surface area contributed by atoms with Crippen LogP contribution >= 0.6 is 11.8 Å². The second-order valence-corrected chi connectivity index (χ2v) is 4.56. The van der Waals surface area contributed by atoms with E-state index in [1.807, 2.05) is 24.5 Å². The summed E-state index contributed by atoms with van der Waals surface area (Å²) in [6.07, 6.45) is 1.75. The quantitative estimate of drug-likeness (QED) is 0.841. The topological polar surface area (TPSA) is 68.0 Å². The molecule has 5 nitrogen and oxygen atoms in total. The van der Waals surface area contributed by atoms with Gasteiger partial charge in [0.1, 0.15) is 5.52 Å². The van der Waals surface area contributed by atoms with Crippen molar-refractivity contribution >= 4 is 28.9 Å². The average molecular weight is 251 g/mol. The summed E-state index contributed by atoms with van der Waals surface area (Å²) in [7, 11) is 0. The second-order valence-electron chi connectivity index (χ2n) is 3.62. The maximum absolute atomic E-state index is 10.6. The van der Waals surface area contributed by atoms with Gasteiger partial charge in [0.25, 0.3) is 0 Å². The molecular weight excluding hydrogens is 238 g/mol. The molecule has 0 radical (unpaired) electrons. The normalized spacial score (nSPS) is 10.9. The summed E-state index contributed by atoms with van der Waals surface area (Å²) < 4.78 is 1.94. The number of thioether (sulfide) groups is 1. The van der Waals surface area contributed by atoms with Crippen LogP contribution < -0.4 is 0 Å². The Kier molecular flexibility index (Phi) is 3.33. The lowest BCUT2D eigenvalue weighted by Crippen LogP contribution is -2.02. The van der Waals surface area contributed by atoms with Crippen molar-refractivity contribution in [3.05, 3.63) is 17.8 Å². The van der Waals surface area contributed by atoms with Crippen molar-refractivity contribution in [2.75, 3.05) is 5.75 Å². The minimum absolute atomic E-state index is 0.0162. The molecular formula is C11H13N3O2S. The first kappa shape index (κ1) is 11.9. The number of imidazole rings is 1. The van der Waals surface area contributed by atoms with E-state index in [4.69, 9.17) is 5.11 Å². The third-order valence-electron chi connectivity index (χ3n) is 2.44. The Bertz CT molecular complexity index is 565. The van der Waals surface area contributed by atoms with E-state index >= 15 is 0 Å². The van der Waals surface area contributed by atoms with Crippen LogP contribution in [0.3, 0.4) is 0 Å². The van der Waals surface area contributed by atoms with Gasteiger partial charge in [-0.05, 0) is 25.5 Å². The Morgan fingerprint density at radius 2 is 2.35 bits per heavy atom. The number of hydrogen-bond acceptors (Lipinski definition) is 4. The highest BCUT2D eigenvalue weighted by Gasteiger charge is 2.13. The summed E-state index contributed by atoms with van der Waals surface area (Å²) in [6, 6.07) is 1.90. The smallest absolute Gasteiger partial charge is 0.313 e. The zero-order valence-electron chi connectivity index (χ0n) is 9.67. The number of aromatic nitrogens is 3. The highest BCUT2D eigenvalue weighted by Crippen LogP contribution is 2.24. The Labute approximate surface area is 103 Å². The molecule has 0 aromatic carbocycles. The van der Waals surface area contributed by atoms with Crippen LogP contribution in [0.1, 0.15) is 12.5 Å². The van der Waals surface area contributed by atoms with E-state index in [0.29, 0.717) is 5.16 Å². The van der Waals surface area contributed by atoms with Crippen molar-refractivity contribution in [3.8, 4) is 0 Å². The maximum atomic E-state index is 10.6. The van der Waals surface area contributed by atoms with E-state index in [1.165, 1.54) is 11.8 Å². The van der Waals surface area contributed by atoms with Gasteiger partial charge in [-0.2, -0.15) is 0 Å². The van der Waals surface area contributed by atoms with Crippen molar-refractivity contribution in [1.29, 1.82) is 0 Å². The van der Waals surface area contributed by atoms with Gasteiger partial charge < -0.3 is 9.67 Å². The first-order valence-corrected chi connectivity index (χ1v) is 6.28. The number of carboxylic acids is 1. The SMILES string of the molecule is CCn1c(SCC(=O)O)nc2c(C)ccnc21. The predicted octanol–water partition coefficient (Wildman–Crippen LogP) is 1.94. The molecule has 0 aliphatic rings. The fraction of sp³-hybridized carbons (Fsp3) is 0.364. The summed E-state index contributed by atoms with van der Waals surface area (Å²) >= 11 is 1.23. The molecule has 17 heavy (non-hydrogen) atoms. The number of aliphatic carboxylic acids is 1. The minimum atomic E-state index is -0.839. The Hall–Kier alpha value is -1.56. The largest absolute Gasteiger partial charge is 0.481 e. The van der Waals surface area contributed by atoms with Crippen molar-refractivity contribution in [2.45, 2.75) is 25.5 Å². The Balaban J connectivity index is 2.48. The molecule has 0 saturated carbocycles. The predicted molar refractivity (Wildman–Crippen MR) is 66.3 cm³/mol. The van der Waals surface area contributed by atoms with Gasteiger partial charge in [-0.15, -0.1) is 0 Å². The highest BCUT2D eigenvalue weighted by molar-refractivity contribution is 7.99. The molecule has 2 heterocycles. The molecule has 0 amide bonds. The van der Waals surface area contributed by atoms with Crippen molar-refractivity contribution in [3.63, 3.8) is 0 Å². The third-order valence-corrected chi connectivity index (χ3v) is 3.40. The van der Waals surface area contributed by atoms with E-state index < -0.39 is 5.97 Å². The lowest BCUT2D eigenvalue weighted by molar-refractivity contribution is -0.133. The van der Waals surface area contributed by atoms with E-state index in [9.17, 15) is 4.79 Å². The number of fused-ring (bicyclic) bond motifs is 1. The molecule has 2 aromatic rings. The van der Waals surface area contributed by atoms with Gasteiger partial charge in [0.05, 0.1) is 5.75 Å².